The van der Waals surface area contributed by atoms with E-state index in [1.54, 1.807) is 14.0 Å². The van der Waals surface area contributed by atoms with Gasteiger partial charge in [-0.1, -0.05) is 0 Å². The molecular formula is C9H12N4O2. The second-order valence-corrected chi connectivity index (χ2v) is 3.15. The molecule has 0 aliphatic rings. The van der Waals surface area contributed by atoms with Gasteiger partial charge in [0.1, 0.15) is 11.2 Å². The van der Waals surface area contributed by atoms with Crippen LogP contribution in [0.2, 0.25) is 0 Å². The van der Waals surface area contributed by atoms with Crippen LogP contribution in [0, 0.1) is 6.92 Å². The highest BCUT2D eigenvalue weighted by Gasteiger charge is 2.13. The van der Waals surface area contributed by atoms with Crippen LogP contribution in [0.3, 0.4) is 0 Å². The number of aryl methyl sites for hydroxylation is 1. The number of aromatic nitrogens is 4. The molecule has 2 heterocycles. The summed E-state index contributed by atoms with van der Waals surface area (Å²) in [6, 6.07) is 0. The lowest BCUT2D eigenvalue weighted by Gasteiger charge is -2.02. The van der Waals surface area contributed by atoms with Crippen LogP contribution in [0.5, 0.6) is 5.88 Å². The summed E-state index contributed by atoms with van der Waals surface area (Å²) in [7, 11) is 1.55. The summed E-state index contributed by atoms with van der Waals surface area (Å²) in [4.78, 5) is 8.33. The summed E-state index contributed by atoms with van der Waals surface area (Å²) in [5.41, 5.74) is 1.37. The van der Waals surface area contributed by atoms with E-state index >= 15 is 0 Å². The Balaban J connectivity index is 2.66. The minimum absolute atomic E-state index is 0.0499. The first kappa shape index (κ1) is 9.85. The molecule has 2 aromatic rings. The fourth-order valence-corrected chi connectivity index (χ4v) is 1.49. The maximum atomic E-state index is 8.89. The molecule has 2 rings (SSSR count). The van der Waals surface area contributed by atoms with Gasteiger partial charge in [-0.25, -0.2) is 4.98 Å². The molecule has 0 radical (unpaired) electrons. The van der Waals surface area contributed by atoms with Crippen LogP contribution in [0.15, 0.2) is 0 Å². The first-order chi connectivity index (χ1) is 7.26. The van der Waals surface area contributed by atoms with Gasteiger partial charge in [0.2, 0.25) is 5.88 Å². The van der Waals surface area contributed by atoms with Crippen LogP contribution >= 0.6 is 0 Å². The molecule has 0 bridgehead atoms. The number of hydrogen-bond donors (Lipinski definition) is 2. The van der Waals surface area contributed by atoms with Crippen molar-refractivity contribution in [3.05, 3.63) is 11.5 Å². The number of fused-ring (bicyclic) bond motifs is 1. The maximum Gasteiger partial charge on any atom is 0.228 e. The van der Waals surface area contributed by atoms with E-state index in [-0.39, 0.29) is 6.61 Å². The Morgan fingerprint density at radius 1 is 1.40 bits per heavy atom. The molecule has 6 nitrogen and oxygen atoms in total. The van der Waals surface area contributed by atoms with E-state index in [1.807, 2.05) is 0 Å². The first-order valence-electron chi connectivity index (χ1n) is 4.62. The van der Waals surface area contributed by atoms with Gasteiger partial charge in [-0.15, -0.1) is 0 Å². The van der Waals surface area contributed by atoms with Crippen molar-refractivity contribution in [3.63, 3.8) is 0 Å². The number of aliphatic hydroxyl groups excluding tert-OH is 1. The zero-order valence-corrected chi connectivity index (χ0v) is 8.61. The number of rotatable bonds is 3. The van der Waals surface area contributed by atoms with E-state index in [1.165, 1.54) is 0 Å². The lowest BCUT2D eigenvalue weighted by atomic mass is 10.2. The van der Waals surface area contributed by atoms with Gasteiger partial charge < -0.3 is 9.84 Å². The monoisotopic (exact) mass is 208 g/mol. The fourth-order valence-electron chi connectivity index (χ4n) is 1.49. The van der Waals surface area contributed by atoms with Crippen LogP contribution < -0.4 is 4.74 Å². The molecule has 0 amide bonds. The van der Waals surface area contributed by atoms with Gasteiger partial charge in [0.15, 0.2) is 5.65 Å². The molecule has 0 unspecified atom stereocenters. The Morgan fingerprint density at radius 3 is 2.87 bits per heavy atom. The molecule has 0 spiro atoms. The molecule has 0 aliphatic carbocycles. The second kappa shape index (κ2) is 3.82. The zero-order chi connectivity index (χ0) is 10.8. The minimum Gasteiger partial charge on any atom is -0.480 e. The van der Waals surface area contributed by atoms with Gasteiger partial charge in [0.25, 0.3) is 0 Å². The average Bonchev–Trinajstić information content (AvgIpc) is 2.61. The quantitative estimate of drug-likeness (QED) is 0.753. The zero-order valence-electron chi connectivity index (χ0n) is 8.61. The van der Waals surface area contributed by atoms with Crippen molar-refractivity contribution in [1.29, 1.82) is 0 Å². The van der Waals surface area contributed by atoms with Crippen LogP contribution in [-0.2, 0) is 6.42 Å². The highest BCUT2D eigenvalue weighted by molar-refractivity contribution is 5.83. The van der Waals surface area contributed by atoms with Crippen LogP contribution in [-0.4, -0.2) is 39.0 Å². The number of ether oxygens (including phenoxy) is 1. The smallest absolute Gasteiger partial charge is 0.228 e. The standard InChI is InChI=1S/C9H12N4O2/c1-5-10-8-7(9(11-5)15-2)6(3-4-14)12-13-8/h14H,3-4H2,1-2H3,(H,10,11,12,13). The number of aliphatic hydroxyl groups is 1. The third-order valence-corrected chi connectivity index (χ3v) is 2.12. The van der Waals surface area contributed by atoms with Crippen molar-refractivity contribution in [3.8, 4) is 5.88 Å². The van der Waals surface area contributed by atoms with Crippen LogP contribution in [0.25, 0.3) is 11.0 Å². The molecule has 15 heavy (non-hydrogen) atoms. The normalized spacial score (nSPS) is 10.9. The van der Waals surface area contributed by atoms with Gasteiger partial charge in [0.05, 0.1) is 12.8 Å². The van der Waals surface area contributed by atoms with Crippen molar-refractivity contribution >= 4 is 11.0 Å². The molecule has 0 saturated carbocycles. The summed E-state index contributed by atoms with van der Waals surface area (Å²) in [6.45, 7) is 1.83. The number of H-pyrrole nitrogens is 1. The lowest BCUT2D eigenvalue weighted by molar-refractivity contribution is 0.298. The largest absolute Gasteiger partial charge is 0.480 e. The molecule has 2 aromatic heterocycles. The molecule has 0 atom stereocenters. The topological polar surface area (TPSA) is 83.9 Å². The number of aromatic amines is 1. The molecular weight excluding hydrogens is 196 g/mol. The number of methoxy groups -OCH3 is 1. The second-order valence-electron chi connectivity index (χ2n) is 3.15. The van der Waals surface area contributed by atoms with E-state index in [0.29, 0.717) is 23.8 Å². The SMILES string of the molecule is COc1nc(C)nc2n[nH]c(CCO)c12. The third-order valence-electron chi connectivity index (χ3n) is 2.12. The molecule has 0 aromatic carbocycles. The summed E-state index contributed by atoms with van der Waals surface area (Å²) >= 11 is 0. The van der Waals surface area contributed by atoms with E-state index in [2.05, 4.69) is 20.2 Å². The Labute approximate surface area is 86.3 Å². The molecule has 2 N–H and O–H groups in total. The van der Waals surface area contributed by atoms with E-state index in [0.717, 1.165) is 11.1 Å². The summed E-state index contributed by atoms with van der Waals surface area (Å²) in [5, 5.41) is 16.5. The Bertz CT molecular complexity index is 480. The van der Waals surface area contributed by atoms with Gasteiger partial charge in [-0.2, -0.15) is 10.1 Å². The van der Waals surface area contributed by atoms with E-state index in [4.69, 9.17) is 9.84 Å². The van der Waals surface area contributed by atoms with Crippen molar-refractivity contribution in [2.45, 2.75) is 13.3 Å². The Kier molecular flexibility index (Phi) is 2.51. The van der Waals surface area contributed by atoms with Crippen molar-refractivity contribution in [1.82, 2.24) is 20.2 Å². The number of nitrogens with zero attached hydrogens (tertiary/aromatic N) is 3. The summed E-state index contributed by atoms with van der Waals surface area (Å²) in [5.74, 6) is 1.11. The third kappa shape index (κ3) is 1.63. The Morgan fingerprint density at radius 2 is 2.20 bits per heavy atom. The predicted molar refractivity (Wildman–Crippen MR) is 53.8 cm³/mol. The first-order valence-corrected chi connectivity index (χ1v) is 4.62. The molecule has 0 saturated heterocycles. The van der Waals surface area contributed by atoms with E-state index in [9.17, 15) is 0 Å². The fraction of sp³-hybridized carbons (Fsp3) is 0.444. The number of hydrogen-bond acceptors (Lipinski definition) is 5. The summed E-state index contributed by atoms with van der Waals surface area (Å²) in [6.07, 6.45) is 0.485. The van der Waals surface area contributed by atoms with Crippen molar-refractivity contribution < 1.29 is 9.84 Å². The van der Waals surface area contributed by atoms with Crippen LogP contribution in [0.4, 0.5) is 0 Å². The highest BCUT2D eigenvalue weighted by Crippen LogP contribution is 2.24. The number of nitrogens with one attached hydrogen (secondary N) is 1. The Hall–Kier alpha value is -1.69. The molecule has 0 aliphatic heterocycles. The average molecular weight is 208 g/mol. The van der Waals surface area contributed by atoms with Crippen LogP contribution in [0.1, 0.15) is 11.5 Å². The molecule has 0 fully saturated rings. The van der Waals surface area contributed by atoms with Gasteiger partial charge in [-0.05, 0) is 6.92 Å². The minimum atomic E-state index is 0.0499. The van der Waals surface area contributed by atoms with E-state index < -0.39 is 0 Å². The van der Waals surface area contributed by atoms with Crippen molar-refractivity contribution in [2.24, 2.45) is 0 Å². The predicted octanol–water partition coefficient (Wildman–Crippen LogP) is 0.205. The highest BCUT2D eigenvalue weighted by atomic mass is 16.5. The van der Waals surface area contributed by atoms with Crippen molar-refractivity contribution in [2.75, 3.05) is 13.7 Å². The lowest BCUT2D eigenvalue weighted by Crippen LogP contribution is -1.97. The summed E-state index contributed by atoms with van der Waals surface area (Å²) < 4.78 is 5.16. The van der Waals surface area contributed by atoms with Gasteiger partial charge in [-0.3, -0.25) is 5.10 Å². The molecule has 6 heteroatoms. The van der Waals surface area contributed by atoms with Gasteiger partial charge >= 0.3 is 0 Å². The van der Waals surface area contributed by atoms with Gasteiger partial charge in [0, 0.05) is 13.0 Å². The maximum absolute atomic E-state index is 8.89. The molecule has 80 valence electrons.